The summed E-state index contributed by atoms with van der Waals surface area (Å²) < 4.78 is 16.0. The van der Waals surface area contributed by atoms with E-state index in [9.17, 15) is 9.59 Å². The fraction of sp³-hybridized carbons (Fsp3) is 0.833. The highest BCUT2D eigenvalue weighted by molar-refractivity contribution is 6.71. The van der Waals surface area contributed by atoms with Gasteiger partial charge in [0.05, 0.1) is 13.0 Å². The first kappa shape index (κ1) is 18.3. The van der Waals surface area contributed by atoms with Crippen LogP contribution < -0.4 is 0 Å². The molecule has 0 bridgehead atoms. The van der Waals surface area contributed by atoms with Crippen LogP contribution in [0.1, 0.15) is 13.3 Å². The van der Waals surface area contributed by atoms with Gasteiger partial charge in [-0.05, 0) is 46.2 Å². The van der Waals surface area contributed by atoms with E-state index in [0.717, 1.165) is 0 Å². The smallest absolute Gasteiger partial charge is 0.321 e. The summed E-state index contributed by atoms with van der Waals surface area (Å²) in [4.78, 5) is 23.6. The molecule has 0 radical (unpaired) electrons. The molecule has 1 atom stereocenters. The van der Waals surface area contributed by atoms with E-state index in [4.69, 9.17) is 13.6 Å². The summed E-state index contributed by atoms with van der Waals surface area (Å²) in [7, 11) is -3.94. The third kappa shape index (κ3) is 9.86. The van der Waals surface area contributed by atoms with Crippen LogP contribution in [-0.4, -0.2) is 41.3 Å². The maximum absolute atomic E-state index is 12.1. The van der Waals surface area contributed by atoms with Crippen molar-refractivity contribution in [3.05, 3.63) is 0 Å². The number of rotatable bonds is 7. The van der Waals surface area contributed by atoms with E-state index >= 15 is 0 Å². The Labute approximate surface area is 117 Å². The van der Waals surface area contributed by atoms with Gasteiger partial charge in [-0.15, -0.1) is 0 Å². The Balaban J connectivity index is 4.76. The predicted molar refractivity (Wildman–Crippen MR) is 78.9 cm³/mol. The Hall–Kier alpha value is -0.666. The molecule has 0 aromatic heterocycles. The van der Waals surface area contributed by atoms with Crippen molar-refractivity contribution < 1.29 is 23.2 Å². The lowest BCUT2D eigenvalue weighted by Gasteiger charge is -2.27. The number of hydrogen-bond donors (Lipinski definition) is 0. The van der Waals surface area contributed by atoms with Crippen LogP contribution in [0.3, 0.4) is 0 Å². The molecule has 0 rings (SSSR count). The molecule has 0 heterocycles. The van der Waals surface area contributed by atoms with Crippen LogP contribution in [0.2, 0.25) is 39.3 Å². The monoisotopic (exact) mass is 306 g/mol. The lowest BCUT2D eigenvalue weighted by molar-refractivity contribution is -0.153. The van der Waals surface area contributed by atoms with Crippen LogP contribution in [0.25, 0.3) is 0 Å². The Morgan fingerprint density at radius 1 is 1.00 bits per heavy atom. The molecule has 0 aromatic carbocycles. The summed E-state index contributed by atoms with van der Waals surface area (Å²) in [5, 5.41) is 0. The molecule has 0 aliphatic heterocycles. The first-order valence-electron chi connectivity index (χ1n) is 6.51. The molecular formula is C12H26O5Si2. The third-order valence-corrected chi connectivity index (χ3v) is 3.63. The van der Waals surface area contributed by atoms with Crippen molar-refractivity contribution in [1.82, 2.24) is 0 Å². The van der Waals surface area contributed by atoms with Crippen LogP contribution in [0.5, 0.6) is 0 Å². The standard InChI is InChI=1S/C12H26O5Si2/c1-8-15-11(13)9-10(16-18(2,3)4)12(14)17-19(5,6)7/h10H,8-9H2,1-7H3. The van der Waals surface area contributed by atoms with Crippen molar-refractivity contribution in [1.29, 1.82) is 0 Å². The molecule has 7 heteroatoms. The summed E-state index contributed by atoms with van der Waals surface area (Å²) in [6.07, 6.45) is -0.932. The van der Waals surface area contributed by atoms with Crippen molar-refractivity contribution in [2.45, 2.75) is 58.7 Å². The molecule has 0 aromatic rings. The lowest BCUT2D eigenvalue weighted by atomic mass is 10.2. The van der Waals surface area contributed by atoms with Crippen LogP contribution in [-0.2, 0) is 23.2 Å². The molecule has 0 amide bonds. The molecule has 0 N–H and O–H groups in total. The molecule has 1 unspecified atom stereocenters. The topological polar surface area (TPSA) is 61.8 Å². The zero-order valence-corrected chi connectivity index (χ0v) is 15.0. The summed E-state index contributed by atoms with van der Waals surface area (Å²) >= 11 is 0. The van der Waals surface area contributed by atoms with E-state index in [0.29, 0.717) is 6.61 Å². The summed E-state index contributed by atoms with van der Waals surface area (Å²) in [5.74, 6) is -0.882. The van der Waals surface area contributed by atoms with Gasteiger partial charge in [-0.2, -0.15) is 0 Å². The van der Waals surface area contributed by atoms with Gasteiger partial charge in [-0.25, -0.2) is 0 Å². The maximum atomic E-state index is 12.1. The molecular weight excluding hydrogens is 280 g/mol. The molecule has 0 fully saturated rings. The fourth-order valence-electron chi connectivity index (χ4n) is 1.34. The quantitative estimate of drug-likeness (QED) is 0.534. The van der Waals surface area contributed by atoms with Gasteiger partial charge in [0.15, 0.2) is 14.4 Å². The van der Waals surface area contributed by atoms with Crippen molar-refractivity contribution in [3.63, 3.8) is 0 Å². The average molecular weight is 307 g/mol. The van der Waals surface area contributed by atoms with Gasteiger partial charge in [0.1, 0.15) is 0 Å². The zero-order valence-electron chi connectivity index (χ0n) is 13.0. The second kappa shape index (κ2) is 7.21. The Kier molecular flexibility index (Phi) is 6.95. The van der Waals surface area contributed by atoms with Gasteiger partial charge >= 0.3 is 11.9 Å². The van der Waals surface area contributed by atoms with Gasteiger partial charge in [-0.3, -0.25) is 9.59 Å². The largest absolute Gasteiger partial charge is 0.518 e. The zero-order chi connectivity index (χ0) is 15.3. The molecule has 0 aliphatic rings. The average Bonchev–Trinajstić information content (AvgIpc) is 2.11. The summed E-state index contributed by atoms with van der Waals surface area (Å²) in [6, 6.07) is 0. The molecule has 0 aliphatic carbocycles. The van der Waals surface area contributed by atoms with E-state index in [2.05, 4.69) is 0 Å². The summed E-state index contributed by atoms with van der Waals surface area (Å²) in [6.45, 7) is 13.7. The molecule has 5 nitrogen and oxygen atoms in total. The number of ether oxygens (including phenoxy) is 1. The molecule has 112 valence electrons. The molecule has 0 spiro atoms. The summed E-state index contributed by atoms with van der Waals surface area (Å²) in [5.41, 5.74) is 0. The SMILES string of the molecule is CCOC(=O)CC(O[Si](C)(C)C)C(=O)O[Si](C)(C)C. The molecule has 0 saturated heterocycles. The number of hydrogen-bond acceptors (Lipinski definition) is 5. The van der Waals surface area contributed by atoms with E-state index in [1.165, 1.54) is 0 Å². The minimum Gasteiger partial charge on any atom is -0.518 e. The van der Waals surface area contributed by atoms with Crippen LogP contribution in [0.4, 0.5) is 0 Å². The van der Waals surface area contributed by atoms with E-state index in [-0.39, 0.29) is 6.42 Å². The highest BCUT2D eigenvalue weighted by Crippen LogP contribution is 2.15. The first-order valence-corrected chi connectivity index (χ1v) is 13.3. The van der Waals surface area contributed by atoms with E-state index in [1.54, 1.807) is 6.92 Å². The Morgan fingerprint density at radius 3 is 1.89 bits per heavy atom. The minimum absolute atomic E-state index is 0.0819. The lowest BCUT2D eigenvalue weighted by Crippen LogP contribution is -2.42. The van der Waals surface area contributed by atoms with Gasteiger partial charge in [0.2, 0.25) is 8.32 Å². The van der Waals surface area contributed by atoms with E-state index < -0.39 is 34.7 Å². The Bertz CT molecular complexity index is 317. The highest BCUT2D eigenvalue weighted by Gasteiger charge is 2.33. The van der Waals surface area contributed by atoms with Gasteiger partial charge in [0, 0.05) is 0 Å². The second-order valence-electron chi connectivity index (χ2n) is 6.26. The predicted octanol–water partition coefficient (Wildman–Crippen LogP) is 2.54. The van der Waals surface area contributed by atoms with Crippen molar-refractivity contribution in [2.75, 3.05) is 6.61 Å². The normalized spacial score (nSPS) is 13.8. The Morgan fingerprint density at radius 2 is 1.53 bits per heavy atom. The second-order valence-corrected chi connectivity index (χ2v) is 15.2. The van der Waals surface area contributed by atoms with E-state index in [1.807, 2.05) is 39.3 Å². The van der Waals surface area contributed by atoms with Crippen molar-refractivity contribution >= 4 is 28.6 Å². The van der Waals surface area contributed by atoms with Gasteiger partial charge < -0.3 is 13.6 Å². The molecule has 19 heavy (non-hydrogen) atoms. The van der Waals surface area contributed by atoms with Gasteiger partial charge in [0.25, 0.3) is 0 Å². The van der Waals surface area contributed by atoms with Crippen LogP contribution in [0.15, 0.2) is 0 Å². The molecule has 0 saturated carbocycles. The number of esters is 1. The minimum atomic E-state index is -1.99. The number of carbonyl (C=O) groups excluding carboxylic acids is 2. The van der Waals surface area contributed by atoms with Crippen LogP contribution >= 0.6 is 0 Å². The van der Waals surface area contributed by atoms with Crippen molar-refractivity contribution in [2.24, 2.45) is 0 Å². The van der Waals surface area contributed by atoms with Crippen LogP contribution in [0, 0.1) is 0 Å². The first-order chi connectivity index (χ1) is 8.44. The number of carbonyl (C=O) groups is 2. The maximum Gasteiger partial charge on any atom is 0.321 e. The highest BCUT2D eigenvalue weighted by atomic mass is 28.4. The fourth-order valence-corrected chi connectivity index (χ4v) is 3.11. The third-order valence-electron chi connectivity index (χ3n) is 1.82. The van der Waals surface area contributed by atoms with Gasteiger partial charge in [-0.1, -0.05) is 0 Å². The van der Waals surface area contributed by atoms with Crippen molar-refractivity contribution in [3.8, 4) is 0 Å².